The van der Waals surface area contributed by atoms with Crippen LogP contribution in [0.4, 0.5) is 0 Å². The zero-order chi connectivity index (χ0) is 98.8. The Morgan fingerprint density at radius 1 is 0.145 bits per heavy atom. The van der Waals surface area contributed by atoms with E-state index in [-0.39, 0.29) is 184 Å². The molecule has 816 valence electrons. The summed E-state index contributed by atoms with van der Waals surface area (Å²) in [6.45, 7) is 0. The molecule has 39 nitrogen and oxygen atoms in total. The molecule has 27 aliphatic rings. The summed E-state index contributed by atoms with van der Waals surface area (Å²) in [5.41, 5.74) is 0. The van der Waals surface area contributed by atoms with Gasteiger partial charge < -0.3 is 13.7 Å². The normalized spacial score (nSPS) is 53.4. The smallest absolute Gasteiger partial charge is 0.748 e. The van der Waals surface area contributed by atoms with Crippen LogP contribution in [-0.4, -0.2) is 261 Å². The zero-order valence-corrected chi connectivity index (χ0v) is 91.5. The van der Waals surface area contributed by atoms with Crippen molar-refractivity contribution in [3.63, 3.8) is 0 Å². The molecule has 0 aromatic rings. The van der Waals surface area contributed by atoms with Crippen molar-refractivity contribution in [1.29, 1.82) is 0 Å². The summed E-state index contributed by atoms with van der Waals surface area (Å²) < 4.78 is 193. The third-order valence-corrected chi connectivity index (χ3v) is 53.9. The molecular formula is C96H162AlCl3N24O15S6. The second kappa shape index (κ2) is 42.3. The van der Waals surface area contributed by atoms with Gasteiger partial charge in [-0.2, -0.15) is 0 Å². The minimum atomic E-state index is -4.90. The van der Waals surface area contributed by atoms with E-state index in [2.05, 4.69) is 128 Å². The van der Waals surface area contributed by atoms with E-state index in [1.165, 1.54) is 135 Å². The quantitative estimate of drug-likeness (QED) is 0.102. The summed E-state index contributed by atoms with van der Waals surface area (Å²) in [6, 6.07) is 0. The van der Waals surface area contributed by atoms with Gasteiger partial charge in [-0.05, 0) is 278 Å². The molecule has 15 heterocycles. The molecule has 0 aromatic heterocycles. The van der Waals surface area contributed by atoms with Gasteiger partial charge in [0.15, 0.2) is 0 Å². The first-order valence-electron chi connectivity index (χ1n) is 57.0. The fourth-order valence-electron chi connectivity index (χ4n) is 37.9. The van der Waals surface area contributed by atoms with E-state index < -0.39 is 125 Å². The molecule has 54 atom stereocenters. The Bertz CT molecular complexity index is 4840. The molecule has 24 N–H and O–H groups in total. The number of rotatable bonds is 6. The molecule has 12 saturated carbocycles. The molecule has 0 amide bonds. The average molecular weight is 2220 g/mol. The van der Waals surface area contributed by atoms with Crippen LogP contribution in [0.1, 0.15) is 270 Å². The first kappa shape index (κ1) is 107. The van der Waals surface area contributed by atoms with Crippen molar-refractivity contribution in [2.45, 2.75) is 449 Å². The molecular weight excluding hydrogens is 2050 g/mol. The molecule has 0 radical (unpaired) electrons. The number of hydrogen-bond acceptors (Lipinski definition) is 39. The van der Waals surface area contributed by atoms with E-state index in [1.54, 1.807) is 0 Å². The largest absolute Gasteiger partial charge is 3.00 e. The van der Waals surface area contributed by atoms with Gasteiger partial charge in [-0.15, -0.1) is 0 Å². The van der Waals surface area contributed by atoms with Gasteiger partial charge in [0.1, 0.15) is 0 Å². The van der Waals surface area contributed by atoms with Gasteiger partial charge in [-0.3, -0.25) is 128 Å². The van der Waals surface area contributed by atoms with Gasteiger partial charge >= 0.3 is 17.4 Å². The van der Waals surface area contributed by atoms with E-state index in [0.29, 0.717) is 126 Å². The Hall–Kier alpha value is 0.0225. The van der Waals surface area contributed by atoms with E-state index in [9.17, 15) is 64.2 Å². The maximum absolute atomic E-state index is 13.3. The van der Waals surface area contributed by atoms with Crippen molar-refractivity contribution in [2.75, 3.05) is 0 Å². The minimum absolute atomic E-state index is 0. The van der Waals surface area contributed by atoms with Crippen molar-refractivity contribution in [2.24, 2.45) is 142 Å². The van der Waals surface area contributed by atoms with Crippen molar-refractivity contribution < 1.29 is 64.2 Å². The predicted molar refractivity (Wildman–Crippen MR) is 546 cm³/mol. The minimum Gasteiger partial charge on any atom is -0.748 e. The van der Waals surface area contributed by atoms with Crippen LogP contribution in [0.3, 0.4) is 0 Å². The monoisotopic (exact) mass is 2210 g/mol. The van der Waals surface area contributed by atoms with Crippen LogP contribution in [-0.2, 0) is 57.5 Å². The van der Waals surface area contributed by atoms with E-state index >= 15 is 0 Å². The standard InChI is InChI=1S/3C32H55ClN8O5S2.Al/c3*33-47(42,43)24-22(48(44,45)46)14-13-21-23(24)32-40-30-20-12-6-5-11-19(20)28(38-30)36-26-16-8-2-1-7-15(16)25(34-26)35-27-17-9-3-4-10-18(17)29(37-27)39-31(21)41-32;/h3*15-32,34-41H,1-14H2,(H,44,45,46);/q;;;+3/p-3. The maximum atomic E-state index is 13.3. The number of hydrogen-bond donors (Lipinski definition) is 24. The molecule has 54 unspecified atom stereocenters. The number of nitrogens with one attached hydrogen (secondary N) is 24. The molecule has 49 heteroatoms. The Balaban J connectivity index is 0.000000116. The SMILES string of the molecule is O=S(=O)([O-])C1CCC2C3NC4NC(NC5NC(NC6NC(NC(N3)C2C1S(=O)(=O)Cl)C1CCCCC61)C1CCCCC51)C1CCCCC41.O=S(=O)([O-])C1CCC2C3NC4NC(NC5NC(NC6NC(NC(N3)C2C1S(=O)(=O)Cl)C1CCCCC61)C1CCCCC51)C1CCCCC41.O=S(=O)([O-])C1CCC2C3NC4NC(NC5NC(NC6NC(NC(N3)C2C1S(=O)(=O)Cl)C1CCCCC61)C1CCCCC51)C1CCCCC41.[Al+3]. The summed E-state index contributed by atoms with van der Waals surface area (Å²) in [5, 5.41) is 85.7. The van der Waals surface area contributed by atoms with Crippen LogP contribution >= 0.6 is 32.0 Å². The van der Waals surface area contributed by atoms with Crippen molar-refractivity contribution in [3.05, 3.63) is 0 Å². The van der Waals surface area contributed by atoms with Crippen molar-refractivity contribution in [3.8, 4) is 0 Å². The molecule has 145 heavy (non-hydrogen) atoms. The average Bonchev–Trinajstić information content (AvgIpc) is 1.57. The summed E-state index contributed by atoms with van der Waals surface area (Å²) in [6.07, 6.45) is 43.2. The van der Waals surface area contributed by atoms with Crippen molar-refractivity contribution in [1.82, 2.24) is 128 Å². The summed E-state index contributed by atoms with van der Waals surface area (Å²) in [7, 11) is -9.52. The van der Waals surface area contributed by atoms with Gasteiger partial charge in [-0.1, -0.05) is 116 Å². The van der Waals surface area contributed by atoms with Gasteiger partial charge in [0.05, 0.1) is 210 Å². The van der Waals surface area contributed by atoms with Gasteiger partial charge in [-0.25, -0.2) is 50.5 Å². The Morgan fingerprint density at radius 2 is 0.241 bits per heavy atom. The van der Waals surface area contributed by atoms with Crippen LogP contribution in [0.25, 0.3) is 0 Å². The first-order chi connectivity index (χ1) is 69.1. The Labute approximate surface area is 883 Å². The topological polar surface area (TPSA) is 563 Å². The van der Waals surface area contributed by atoms with Gasteiger partial charge in [0.2, 0.25) is 27.2 Å². The van der Waals surface area contributed by atoms with E-state index in [1.807, 2.05) is 0 Å². The molecule has 15 aliphatic heterocycles. The summed E-state index contributed by atoms with van der Waals surface area (Å²) >= 11 is 0. The molecule has 24 bridgehead atoms. The van der Waals surface area contributed by atoms with E-state index in [0.717, 1.165) is 96.3 Å². The molecule has 0 aromatic carbocycles. The fraction of sp³-hybridized carbons (Fsp3) is 1.00. The van der Waals surface area contributed by atoms with Crippen LogP contribution < -0.4 is 128 Å². The van der Waals surface area contributed by atoms with Crippen LogP contribution in [0.15, 0.2) is 0 Å². The van der Waals surface area contributed by atoms with E-state index in [4.69, 9.17) is 32.0 Å². The number of fused-ring (bicyclic) bond motifs is 60. The van der Waals surface area contributed by atoms with Crippen molar-refractivity contribution >= 4 is 107 Å². The summed E-state index contributed by atoms with van der Waals surface area (Å²) in [5.74, 6) is 5.69. The second-order valence-electron chi connectivity index (χ2n) is 50.3. The molecule has 27 fully saturated rings. The van der Waals surface area contributed by atoms with Gasteiger partial charge in [0, 0.05) is 49.8 Å². The second-order valence-corrected chi connectivity index (χ2v) is 63.5. The molecule has 27 rings (SSSR count). The van der Waals surface area contributed by atoms with Crippen LogP contribution in [0.2, 0.25) is 0 Å². The Morgan fingerprint density at radius 3 is 0.338 bits per heavy atom. The summed E-state index contributed by atoms with van der Waals surface area (Å²) in [4.78, 5) is 0. The molecule has 0 spiro atoms. The fourth-order valence-corrected chi connectivity index (χ4v) is 49.7. The number of halogens is 3. The Kier molecular flexibility index (Phi) is 31.1. The predicted octanol–water partition coefficient (Wildman–Crippen LogP) is 1.65. The molecule has 12 aliphatic carbocycles. The molecule has 15 saturated heterocycles. The third-order valence-electron chi connectivity index (χ3n) is 43.8. The van der Waals surface area contributed by atoms with Gasteiger partial charge in [0.25, 0.3) is 0 Å². The van der Waals surface area contributed by atoms with Crippen LogP contribution in [0.5, 0.6) is 0 Å². The van der Waals surface area contributed by atoms with Crippen LogP contribution in [0, 0.1) is 142 Å². The zero-order valence-electron chi connectivity index (χ0n) is 83.2. The maximum Gasteiger partial charge on any atom is 3.00 e. The first-order valence-corrected chi connectivity index (χ1v) is 68.6. The third kappa shape index (κ3) is 20.3.